The van der Waals surface area contributed by atoms with Crippen molar-refractivity contribution >= 4 is 22.4 Å². The van der Waals surface area contributed by atoms with E-state index in [2.05, 4.69) is 10.3 Å². The number of anilines is 1. The van der Waals surface area contributed by atoms with Crippen LogP contribution in [0.1, 0.15) is 18.4 Å². The molecule has 0 aliphatic rings. The lowest BCUT2D eigenvalue weighted by Crippen LogP contribution is -2.18. The average Bonchev–Trinajstić information content (AvgIpc) is 3.07. The fraction of sp³-hybridized carbons (Fsp3) is 0.111. The number of thiazole rings is 1. The Morgan fingerprint density at radius 1 is 1.22 bits per heavy atom. The number of aromatic nitrogens is 1. The third-order valence-electron chi connectivity index (χ3n) is 3.63. The van der Waals surface area contributed by atoms with Gasteiger partial charge in [-0.3, -0.25) is 4.79 Å². The summed E-state index contributed by atoms with van der Waals surface area (Å²) < 4.78 is 14.4. The summed E-state index contributed by atoms with van der Waals surface area (Å²) in [5.41, 5.74) is 1.98. The standard InChI is InChI=1S/C18H15FN2OS/c1-12(17(22)21-18-20-9-10-23-18)14-7-8-15(16(19)11-14)13-5-3-2-4-6-13/h2-12H,1H3,(H,20,21,22). The Morgan fingerprint density at radius 3 is 2.65 bits per heavy atom. The van der Waals surface area contributed by atoms with Crippen LogP contribution in [0.2, 0.25) is 0 Å². The third kappa shape index (κ3) is 3.46. The van der Waals surface area contributed by atoms with Crippen molar-refractivity contribution in [3.63, 3.8) is 0 Å². The molecule has 0 aliphatic heterocycles. The zero-order valence-corrected chi connectivity index (χ0v) is 13.3. The van der Waals surface area contributed by atoms with Gasteiger partial charge in [-0.1, -0.05) is 42.5 Å². The fourth-order valence-electron chi connectivity index (χ4n) is 2.30. The Morgan fingerprint density at radius 2 is 2.00 bits per heavy atom. The van der Waals surface area contributed by atoms with Crippen molar-refractivity contribution in [1.82, 2.24) is 4.98 Å². The van der Waals surface area contributed by atoms with Crippen molar-refractivity contribution in [3.05, 3.63) is 71.5 Å². The summed E-state index contributed by atoms with van der Waals surface area (Å²) in [5.74, 6) is -0.993. The van der Waals surface area contributed by atoms with Crippen molar-refractivity contribution in [1.29, 1.82) is 0 Å². The Balaban J connectivity index is 1.81. The van der Waals surface area contributed by atoms with Crippen molar-refractivity contribution in [2.45, 2.75) is 12.8 Å². The number of rotatable bonds is 4. The second kappa shape index (κ2) is 6.71. The lowest BCUT2D eigenvalue weighted by Gasteiger charge is -2.13. The van der Waals surface area contributed by atoms with E-state index in [1.165, 1.54) is 17.4 Å². The van der Waals surface area contributed by atoms with Crippen molar-refractivity contribution in [3.8, 4) is 11.1 Å². The molecule has 0 saturated heterocycles. The van der Waals surface area contributed by atoms with Crippen LogP contribution in [-0.2, 0) is 4.79 Å². The summed E-state index contributed by atoms with van der Waals surface area (Å²) >= 11 is 1.35. The van der Waals surface area contributed by atoms with E-state index in [1.54, 1.807) is 30.6 Å². The van der Waals surface area contributed by atoms with Gasteiger partial charge in [0.05, 0.1) is 5.92 Å². The Kier molecular flexibility index (Phi) is 4.48. The van der Waals surface area contributed by atoms with Gasteiger partial charge in [0.2, 0.25) is 5.91 Å². The molecule has 3 rings (SSSR count). The summed E-state index contributed by atoms with van der Waals surface area (Å²) in [6, 6.07) is 14.3. The number of carbonyl (C=O) groups excluding carboxylic acids is 1. The monoisotopic (exact) mass is 326 g/mol. The minimum atomic E-state index is -0.460. The second-order valence-corrected chi connectivity index (χ2v) is 6.05. The first kappa shape index (κ1) is 15.4. The van der Waals surface area contributed by atoms with E-state index in [0.717, 1.165) is 5.56 Å². The number of nitrogens with one attached hydrogen (secondary N) is 1. The summed E-state index contributed by atoms with van der Waals surface area (Å²) in [7, 11) is 0. The molecule has 1 N–H and O–H groups in total. The summed E-state index contributed by atoms with van der Waals surface area (Å²) in [6.45, 7) is 1.75. The molecular weight excluding hydrogens is 311 g/mol. The predicted octanol–water partition coefficient (Wildman–Crippen LogP) is 4.69. The maximum atomic E-state index is 14.4. The van der Waals surface area contributed by atoms with Crippen LogP contribution in [0.3, 0.4) is 0 Å². The average molecular weight is 326 g/mol. The number of hydrogen-bond acceptors (Lipinski definition) is 3. The summed E-state index contributed by atoms with van der Waals surface area (Å²) in [5, 5.41) is 5.06. The highest BCUT2D eigenvalue weighted by Crippen LogP contribution is 2.27. The Labute approximate surface area is 137 Å². The smallest absolute Gasteiger partial charge is 0.233 e. The van der Waals surface area contributed by atoms with E-state index < -0.39 is 5.92 Å². The maximum absolute atomic E-state index is 14.4. The van der Waals surface area contributed by atoms with Crippen LogP contribution in [0.4, 0.5) is 9.52 Å². The molecule has 1 aromatic heterocycles. The summed E-state index contributed by atoms with van der Waals surface area (Å²) in [6.07, 6.45) is 1.62. The van der Waals surface area contributed by atoms with Gasteiger partial charge in [-0.05, 0) is 24.1 Å². The third-order valence-corrected chi connectivity index (χ3v) is 4.32. The van der Waals surface area contributed by atoms with Crippen molar-refractivity contribution in [2.75, 3.05) is 5.32 Å². The molecule has 0 bridgehead atoms. The number of benzene rings is 2. The first-order valence-corrected chi connectivity index (χ1v) is 8.08. The lowest BCUT2D eigenvalue weighted by atomic mass is 9.96. The van der Waals surface area contributed by atoms with E-state index in [1.807, 2.05) is 30.3 Å². The minimum Gasteiger partial charge on any atom is -0.301 e. The van der Waals surface area contributed by atoms with Gasteiger partial charge in [-0.25, -0.2) is 9.37 Å². The van der Waals surface area contributed by atoms with Crippen LogP contribution in [0, 0.1) is 5.82 Å². The van der Waals surface area contributed by atoms with Crippen LogP contribution in [-0.4, -0.2) is 10.9 Å². The molecule has 0 saturated carbocycles. The zero-order chi connectivity index (χ0) is 16.2. The summed E-state index contributed by atoms with van der Waals surface area (Å²) in [4.78, 5) is 16.2. The van der Waals surface area contributed by atoms with Crippen LogP contribution >= 0.6 is 11.3 Å². The van der Waals surface area contributed by atoms with Gasteiger partial charge in [0, 0.05) is 17.1 Å². The second-order valence-electron chi connectivity index (χ2n) is 5.15. The van der Waals surface area contributed by atoms with Gasteiger partial charge in [0.25, 0.3) is 0 Å². The van der Waals surface area contributed by atoms with E-state index in [9.17, 15) is 9.18 Å². The molecule has 0 fully saturated rings. The molecule has 1 amide bonds. The van der Waals surface area contributed by atoms with Gasteiger partial charge in [0.15, 0.2) is 5.13 Å². The number of amides is 1. The Bertz CT molecular complexity index is 803. The highest BCUT2D eigenvalue weighted by molar-refractivity contribution is 7.13. The van der Waals surface area contributed by atoms with Crippen LogP contribution in [0.5, 0.6) is 0 Å². The molecule has 3 nitrogen and oxygen atoms in total. The van der Waals surface area contributed by atoms with Gasteiger partial charge in [0.1, 0.15) is 5.82 Å². The van der Waals surface area contributed by atoms with E-state index in [-0.39, 0.29) is 11.7 Å². The van der Waals surface area contributed by atoms with E-state index in [4.69, 9.17) is 0 Å². The minimum absolute atomic E-state index is 0.202. The van der Waals surface area contributed by atoms with E-state index >= 15 is 0 Å². The number of nitrogens with zero attached hydrogens (tertiary/aromatic N) is 1. The van der Waals surface area contributed by atoms with Gasteiger partial charge < -0.3 is 5.32 Å². The molecule has 3 aromatic rings. The first-order chi connectivity index (χ1) is 11.1. The molecule has 2 aromatic carbocycles. The van der Waals surface area contributed by atoms with E-state index in [0.29, 0.717) is 16.3 Å². The molecule has 23 heavy (non-hydrogen) atoms. The van der Waals surface area contributed by atoms with Crippen LogP contribution < -0.4 is 5.32 Å². The molecule has 116 valence electrons. The van der Waals surface area contributed by atoms with Crippen LogP contribution in [0.25, 0.3) is 11.1 Å². The SMILES string of the molecule is CC(C(=O)Nc1nccs1)c1ccc(-c2ccccc2)c(F)c1. The lowest BCUT2D eigenvalue weighted by molar-refractivity contribution is -0.117. The normalized spacial score (nSPS) is 11.9. The molecule has 5 heteroatoms. The van der Waals surface area contributed by atoms with Crippen molar-refractivity contribution < 1.29 is 9.18 Å². The first-order valence-electron chi connectivity index (χ1n) is 7.20. The molecule has 1 unspecified atom stereocenters. The largest absolute Gasteiger partial charge is 0.301 e. The van der Waals surface area contributed by atoms with Gasteiger partial charge in [-0.15, -0.1) is 11.3 Å². The molecule has 1 atom stereocenters. The number of halogens is 1. The predicted molar refractivity (Wildman–Crippen MR) is 91.0 cm³/mol. The number of carbonyl (C=O) groups is 1. The van der Waals surface area contributed by atoms with Gasteiger partial charge in [-0.2, -0.15) is 0 Å². The van der Waals surface area contributed by atoms with Gasteiger partial charge >= 0.3 is 0 Å². The Hall–Kier alpha value is -2.53. The molecule has 0 radical (unpaired) electrons. The molecule has 1 heterocycles. The fourth-order valence-corrected chi connectivity index (χ4v) is 2.83. The highest BCUT2D eigenvalue weighted by Gasteiger charge is 2.18. The zero-order valence-electron chi connectivity index (χ0n) is 12.5. The maximum Gasteiger partial charge on any atom is 0.233 e. The molecule has 0 aliphatic carbocycles. The topological polar surface area (TPSA) is 42.0 Å². The quantitative estimate of drug-likeness (QED) is 0.755. The molecular formula is C18H15FN2OS. The van der Waals surface area contributed by atoms with Crippen molar-refractivity contribution in [2.24, 2.45) is 0 Å². The highest BCUT2D eigenvalue weighted by atomic mass is 32.1. The number of hydrogen-bond donors (Lipinski definition) is 1. The molecule has 0 spiro atoms. The van der Waals surface area contributed by atoms with Crippen LogP contribution in [0.15, 0.2) is 60.1 Å².